The van der Waals surface area contributed by atoms with E-state index >= 15 is 0 Å². The van der Waals surface area contributed by atoms with Crippen LogP contribution in [0.5, 0.6) is 0 Å². The van der Waals surface area contributed by atoms with Gasteiger partial charge in [0.2, 0.25) is 5.91 Å². The largest absolute Gasteiger partial charge is 0.345 e. The van der Waals surface area contributed by atoms with Gasteiger partial charge in [-0.1, -0.05) is 38.1 Å². The number of benzene rings is 3. The molecule has 1 atom stereocenters. The molecule has 0 aliphatic carbocycles. The van der Waals surface area contributed by atoms with Crippen molar-refractivity contribution in [2.45, 2.75) is 33.7 Å². The van der Waals surface area contributed by atoms with Crippen molar-refractivity contribution >= 4 is 28.5 Å². The van der Waals surface area contributed by atoms with Crippen LogP contribution in [0.2, 0.25) is 0 Å². The number of fused-ring (bicyclic) bond motifs is 1. The van der Waals surface area contributed by atoms with Crippen molar-refractivity contribution in [1.82, 2.24) is 19.0 Å². The van der Waals surface area contributed by atoms with Crippen LogP contribution < -0.4 is 10.9 Å². The molecule has 0 aliphatic rings. The first-order valence-corrected chi connectivity index (χ1v) is 14.2. The molecular weight excluding hydrogens is 545 g/mol. The van der Waals surface area contributed by atoms with Gasteiger partial charge in [0, 0.05) is 48.4 Å². The molecule has 5 rings (SSSR count). The van der Waals surface area contributed by atoms with Gasteiger partial charge in [-0.2, -0.15) is 0 Å². The topological polar surface area (TPSA) is 89.2 Å². The second-order valence-corrected chi connectivity index (χ2v) is 11.0. The number of halogens is 1. The van der Waals surface area contributed by atoms with Gasteiger partial charge in [0.25, 0.3) is 11.5 Å². The van der Waals surface area contributed by atoms with E-state index in [1.54, 1.807) is 56.0 Å². The molecule has 5 aromatic rings. The quantitative estimate of drug-likeness (QED) is 0.243. The van der Waals surface area contributed by atoms with Crippen LogP contribution in [0.25, 0.3) is 27.8 Å². The van der Waals surface area contributed by atoms with E-state index in [9.17, 15) is 18.8 Å². The lowest BCUT2D eigenvalue weighted by Crippen LogP contribution is -2.30. The molecule has 0 bridgehead atoms. The lowest BCUT2D eigenvalue weighted by molar-refractivity contribution is -0.119. The molecule has 0 spiro atoms. The van der Waals surface area contributed by atoms with E-state index in [0.29, 0.717) is 23.2 Å². The molecule has 8 nitrogen and oxygen atoms in total. The molecule has 9 heteroatoms. The van der Waals surface area contributed by atoms with Gasteiger partial charge in [0.1, 0.15) is 5.82 Å². The minimum absolute atomic E-state index is 0.0558. The van der Waals surface area contributed by atoms with Crippen LogP contribution in [-0.4, -0.2) is 44.9 Å². The summed E-state index contributed by atoms with van der Waals surface area (Å²) < 4.78 is 17.5. The van der Waals surface area contributed by atoms with Crippen LogP contribution in [0.4, 0.5) is 10.2 Å². The second kappa shape index (κ2) is 12.1. The third-order valence-electron chi connectivity index (χ3n) is 7.66. The molecule has 0 saturated heterocycles. The number of hydrogen-bond acceptors (Lipinski definition) is 4. The fourth-order valence-corrected chi connectivity index (χ4v) is 5.02. The molecule has 2 aromatic heterocycles. The Morgan fingerprint density at radius 2 is 1.81 bits per heavy atom. The van der Waals surface area contributed by atoms with E-state index in [1.807, 2.05) is 54.9 Å². The molecule has 220 valence electrons. The smallest absolute Gasteiger partial charge is 0.294 e. The van der Waals surface area contributed by atoms with Crippen LogP contribution in [0, 0.1) is 18.7 Å². The van der Waals surface area contributed by atoms with E-state index in [0.717, 1.165) is 27.7 Å². The number of aromatic nitrogens is 3. The first kappa shape index (κ1) is 29.4. The van der Waals surface area contributed by atoms with Crippen LogP contribution in [0.15, 0.2) is 83.9 Å². The van der Waals surface area contributed by atoms with Gasteiger partial charge in [0.05, 0.1) is 24.0 Å². The SMILES string of the molecule is CC[C@@H](C)C(=O)Nc1ncc(-c2cccc(C(=O)N(C)C)c2)n(Cc2cccc(-n3cc(C)c4cc(F)ccc43)c2)c1=O. The summed E-state index contributed by atoms with van der Waals surface area (Å²) in [6, 6.07) is 19.5. The Morgan fingerprint density at radius 1 is 1.05 bits per heavy atom. The number of anilines is 1. The van der Waals surface area contributed by atoms with Gasteiger partial charge in [-0.3, -0.25) is 19.0 Å². The Bertz CT molecular complexity index is 1910. The van der Waals surface area contributed by atoms with Gasteiger partial charge < -0.3 is 14.8 Å². The molecule has 0 radical (unpaired) electrons. The molecule has 0 aliphatic heterocycles. The van der Waals surface area contributed by atoms with Gasteiger partial charge in [-0.25, -0.2) is 9.37 Å². The van der Waals surface area contributed by atoms with E-state index in [2.05, 4.69) is 10.3 Å². The highest BCUT2D eigenvalue weighted by atomic mass is 19.1. The fraction of sp³-hybridized carbons (Fsp3) is 0.235. The monoisotopic (exact) mass is 579 g/mol. The summed E-state index contributed by atoms with van der Waals surface area (Å²) in [4.78, 5) is 45.1. The summed E-state index contributed by atoms with van der Waals surface area (Å²) in [5.41, 5.74) is 4.66. The maximum atomic E-state index is 13.9. The number of aryl methyl sites for hydroxylation is 1. The average molecular weight is 580 g/mol. The number of hydrogen-bond donors (Lipinski definition) is 1. The number of nitrogens with zero attached hydrogens (tertiary/aromatic N) is 4. The Labute approximate surface area is 249 Å². The molecule has 0 fully saturated rings. The summed E-state index contributed by atoms with van der Waals surface area (Å²) in [7, 11) is 3.36. The number of amides is 2. The highest BCUT2D eigenvalue weighted by molar-refractivity contribution is 5.95. The average Bonchev–Trinajstić information content (AvgIpc) is 3.33. The molecule has 2 amide bonds. The van der Waals surface area contributed by atoms with E-state index in [-0.39, 0.29) is 35.9 Å². The van der Waals surface area contributed by atoms with Crippen molar-refractivity contribution in [2.75, 3.05) is 19.4 Å². The number of carbonyl (C=O) groups excluding carboxylic acids is 2. The summed E-state index contributed by atoms with van der Waals surface area (Å²) in [6.07, 6.45) is 4.13. The predicted octanol–water partition coefficient (Wildman–Crippen LogP) is 6.04. The zero-order valence-electron chi connectivity index (χ0n) is 24.9. The van der Waals surface area contributed by atoms with E-state index < -0.39 is 5.56 Å². The molecule has 0 unspecified atom stereocenters. The Morgan fingerprint density at radius 3 is 2.56 bits per heavy atom. The van der Waals surface area contributed by atoms with E-state index in [4.69, 9.17) is 0 Å². The molecule has 2 heterocycles. The Hall–Kier alpha value is -5.05. The molecule has 0 saturated carbocycles. The van der Waals surface area contributed by atoms with Crippen molar-refractivity contribution < 1.29 is 14.0 Å². The van der Waals surface area contributed by atoms with Crippen LogP contribution in [0.1, 0.15) is 41.8 Å². The van der Waals surface area contributed by atoms with Crippen molar-refractivity contribution in [2.24, 2.45) is 5.92 Å². The van der Waals surface area contributed by atoms with Gasteiger partial charge in [-0.15, -0.1) is 0 Å². The predicted molar refractivity (Wildman–Crippen MR) is 167 cm³/mol. The minimum atomic E-state index is -0.457. The zero-order valence-corrected chi connectivity index (χ0v) is 24.9. The van der Waals surface area contributed by atoms with Crippen LogP contribution in [-0.2, 0) is 11.3 Å². The molecule has 3 aromatic carbocycles. The molecular formula is C34H34FN5O3. The molecule has 1 N–H and O–H groups in total. The van der Waals surface area contributed by atoms with Gasteiger partial charge in [0.15, 0.2) is 5.82 Å². The standard InChI is InChI=1S/C34H34FN5O3/c1-6-21(2)32(41)37-31-34(43)40(30(18-36-31)24-10-8-11-25(16-24)33(42)38(4)5)20-23-9-7-12-27(15-23)39-19-22(3)28-17-26(35)13-14-29(28)39/h7-19,21H,6,20H2,1-5H3,(H,36,37,41)/t21-/m1/s1. The minimum Gasteiger partial charge on any atom is -0.345 e. The third kappa shape index (κ3) is 5.97. The Kier molecular flexibility index (Phi) is 8.25. The van der Waals surface area contributed by atoms with Crippen LogP contribution in [0.3, 0.4) is 0 Å². The first-order valence-electron chi connectivity index (χ1n) is 14.2. The highest BCUT2D eigenvalue weighted by Crippen LogP contribution is 2.27. The highest BCUT2D eigenvalue weighted by Gasteiger charge is 2.19. The second-order valence-electron chi connectivity index (χ2n) is 11.0. The van der Waals surface area contributed by atoms with Crippen LogP contribution >= 0.6 is 0 Å². The summed E-state index contributed by atoms with van der Waals surface area (Å²) in [6.45, 7) is 5.81. The number of nitrogens with one attached hydrogen (secondary N) is 1. The van der Waals surface area contributed by atoms with E-state index in [1.165, 1.54) is 17.0 Å². The van der Waals surface area contributed by atoms with Gasteiger partial charge in [-0.05, 0) is 66.9 Å². The fourth-order valence-electron chi connectivity index (χ4n) is 5.02. The number of carbonyl (C=O) groups is 2. The summed E-state index contributed by atoms with van der Waals surface area (Å²) >= 11 is 0. The van der Waals surface area contributed by atoms with Crippen molar-refractivity contribution in [3.05, 3.63) is 112 Å². The lowest BCUT2D eigenvalue weighted by Gasteiger charge is -2.17. The van der Waals surface area contributed by atoms with Crippen molar-refractivity contribution in [3.8, 4) is 16.9 Å². The zero-order chi connectivity index (χ0) is 30.8. The number of rotatable bonds is 8. The maximum absolute atomic E-state index is 13.9. The van der Waals surface area contributed by atoms with Gasteiger partial charge >= 0.3 is 0 Å². The maximum Gasteiger partial charge on any atom is 0.294 e. The third-order valence-corrected chi connectivity index (χ3v) is 7.66. The summed E-state index contributed by atoms with van der Waals surface area (Å²) in [5.74, 6) is -1.08. The Balaban J connectivity index is 1.61. The summed E-state index contributed by atoms with van der Waals surface area (Å²) in [5, 5.41) is 3.52. The first-order chi connectivity index (χ1) is 20.6. The molecule has 43 heavy (non-hydrogen) atoms. The van der Waals surface area contributed by atoms with Crippen molar-refractivity contribution in [3.63, 3.8) is 0 Å². The lowest BCUT2D eigenvalue weighted by atomic mass is 10.1. The van der Waals surface area contributed by atoms with Crippen molar-refractivity contribution in [1.29, 1.82) is 0 Å². The normalized spacial score (nSPS) is 11.9.